The van der Waals surface area contributed by atoms with Crippen LogP contribution in [0.25, 0.3) is 22.3 Å². The van der Waals surface area contributed by atoms with E-state index < -0.39 is 6.61 Å². The Hall–Kier alpha value is -3.98. The van der Waals surface area contributed by atoms with Crippen LogP contribution in [0.15, 0.2) is 60.9 Å². The number of aromatic nitrogens is 5. The van der Waals surface area contributed by atoms with Crippen LogP contribution in [0, 0.1) is 0 Å². The summed E-state index contributed by atoms with van der Waals surface area (Å²) in [6, 6.07) is 14.1. The quantitative estimate of drug-likeness (QED) is 0.310. The van der Waals surface area contributed by atoms with Crippen LogP contribution in [0.2, 0.25) is 5.02 Å². The van der Waals surface area contributed by atoms with Crippen molar-refractivity contribution < 1.29 is 18.3 Å². The van der Waals surface area contributed by atoms with Crippen molar-refractivity contribution >= 4 is 22.6 Å². The number of alkyl halides is 2. The first-order valence-electron chi connectivity index (χ1n) is 10.8. The van der Waals surface area contributed by atoms with Gasteiger partial charge in [-0.15, -0.1) is 0 Å². The van der Waals surface area contributed by atoms with Crippen LogP contribution < -0.4 is 9.47 Å². The number of rotatable bonds is 3. The third kappa shape index (κ3) is 3.97. The van der Waals surface area contributed by atoms with Crippen molar-refractivity contribution in [3.8, 4) is 28.6 Å². The van der Waals surface area contributed by atoms with Crippen molar-refractivity contribution in [2.24, 2.45) is 7.05 Å². The Balaban J connectivity index is 1.58. The number of hydrogen-bond acceptors (Lipinski definition) is 5. The second kappa shape index (κ2) is 8.35. The maximum atomic E-state index is 13.3. The molecule has 0 radical (unpaired) electrons. The maximum Gasteiger partial charge on any atom is 0.387 e. The lowest BCUT2D eigenvalue weighted by Gasteiger charge is -2.16. The SMILES string of the molecule is Cn1cc(-c2ccc3c(n2)Oc2cccc(OC(F)F)c2Cn2c(nc4ccc(Cl)cc42)C3)cn1. The summed E-state index contributed by atoms with van der Waals surface area (Å²) in [5.41, 5.74) is 4.30. The molecule has 1 aliphatic rings. The second-order valence-corrected chi connectivity index (χ2v) is 8.64. The average Bonchev–Trinajstić information content (AvgIpc) is 3.40. The Labute approximate surface area is 203 Å². The number of aryl methyl sites for hydroxylation is 1. The third-order valence-corrected chi connectivity index (χ3v) is 6.14. The third-order valence-electron chi connectivity index (χ3n) is 5.91. The molecular weight excluding hydrogens is 476 g/mol. The van der Waals surface area contributed by atoms with E-state index in [9.17, 15) is 8.78 Å². The Kier molecular flexibility index (Phi) is 5.14. The Morgan fingerprint density at radius 3 is 2.80 bits per heavy atom. The lowest BCUT2D eigenvalue weighted by Crippen LogP contribution is -2.09. The van der Waals surface area contributed by atoms with Gasteiger partial charge in [0, 0.05) is 35.8 Å². The Morgan fingerprint density at radius 1 is 1.11 bits per heavy atom. The molecule has 176 valence electrons. The molecule has 0 bridgehead atoms. The van der Waals surface area contributed by atoms with Crippen LogP contribution in [0.4, 0.5) is 8.78 Å². The van der Waals surface area contributed by atoms with E-state index in [1.807, 2.05) is 42.1 Å². The second-order valence-electron chi connectivity index (χ2n) is 8.20. The van der Waals surface area contributed by atoms with Gasteiger partial charge in [0.15, 0.2) is 0 Å². The molecule has 2 aromatic carbocycles. The molecule has 6 rings (SSSR count). The zero-order valence-corrected chi connectivity index (χ0v) is 19.2. The summed E-state index contributed by atoms with van der Waals surface area (Å²) in [4.78, 5) is 9.55. The minimum absolute atomic E-state index is 0.0270. The monoisotopic (exact) mass is 493 g/mol. The zero-order valence-electron chi connectivity index (χ0n) is 18.5. The van der Waals surface area contributed by atoms with E-state index in [0.717, 1.165) is 28.0 Å². The molecule has 0 N–H and O–H groups in total. The van der Waals surface area contributed by atoms with Crippen molar-refractivity contribution in [3.05, 3.63) is 82.9 Å². The van der Waals surface area contributed by atoms with Gasteiger partial charge in [0.25, 0.3) is 0 Å². The van der Waals surface area contributed by atoms with Crippen LogP contribution in [0.5, 0.6) is 17.4 Å². The summed E-state index contributed by atoms with van der Waals surface area (Å²) < 4.78 is 41.3. The standard InChI is InChI=1S/C25H18ClF2N5O2/c1-32-12-15(11-29-32)18-7-5-14-9-23-30-19-8-6-16(26)10-20(19)33(23)13-17-21(34-24(14)31-18)3-2-4-22(17)35-25(27)28/h2-8,10-12,25H,9,13H2,1H3. The van der Waals surface area contributed by atoms with Gasteiger partial charge in [0.05, 0.1) is 35.0 Å². The summed E-state index contributed by atoms with van der Waals surface area (Å²) in [5, 5.41) is 4.77. The molecule has 0 fully saturated rings. The lowest BCUT2D eigenvalue weighted by atomic mass is 10.1. The fraction of sp³-hybridized carbons (Fsp3) is 0.160. The van der Waals surface area contributed by atoms with Crippen LogP contribution in [-0.2, 0) is 20.0 Å². The molecule has 5 aromatic rings. The molecule has 0 saturated heterocycles. The van der Waals surface area contributed by atoms with E-state index in [-0.39, 0.29) is 12.3 Å². The van der Waals surface area contributed by atoms with Crippen LogP contribution in [-0.4, -0.2) is 30.9 Å². The normalized spacial score (nSPS) is 12.8. The first-order chi connectivity index (χ1) is 16.9. The number of nitrogens with zero attached hydrogens (tertiary/aromatic N) is 5. The molecule has 0 atom stereocenters. The molecule has 35 heavy (non-hydrogen) atoms. The smallest absolute Gasteiger partial charge is 0.387 e. The van der Waals surface area contributed by atoms with E-state index in [0.29, 0.717) is 34.3 Å². The number of halogens is 3. The molecule has 0 aliphatic carbocycles. The largest absolute Gasteiger partial charge is 0.438 e. The number of fused-ring (bicyclic) bond motifs is 5. The minimum atomic E-state index is -2.98. The molecule has 3 aromatic heterocycles. The van der Waals surface area contributed by atoms with E-state index in [1.165, 1.54) is 6.07 Å². The van der Waals surface area contributed by atoms with Gasteiger partial charge < -0.3 is 14.0 Å². The molecule has 0 saturated carbocycles. The van der Waals surface area contributed by atoms with Crippen molar-refractivity contribution in [3.63, 3.8) is 0 Å². The summed E-state index contributed by atoms with van der Waals surface area (Å²) in [6.07, 6.45) is 3.99. The van der Waals surface area contributed by atoms with Gasteiger partial charge in [-0.25, -0.2) is 9.97 Å². The van der Waals surface area contributed by atoms with Gasteiger partial charge in [-0.3, -0.25) is 4.68 Å². The molecule has 0 spiro atoms. The molecule has 7 nitrogen and oxygen atoms in total. The van der Waals surface area contributed by atoms with Crippen molar-refractivity contribution in [2.45, 2.75) is 19.6 Å². The topological polar surface area (TPSA) is 67.0 Å². The molecular formula is C25H18ClF2N5O2. The molecule has 1 aliphatic heterocycles. The summed E-state index contributed by atoms with van der Waals surface area (Å²) in [7, 11) is 1.83. The van der Waals surface area contributed by atoms with Gasteiger partial charge in [-0.2, -0.15) is 13.9 Å². The van der Waals surface area contributed by atoms with Gasteiger partial charge in [-0.1, -0.05) is 23.7 Å². The summed E-state index contributed by atoms with van der Waals surface area (Å²) in [6.45, 7) is -2.78. The predicted molar refractivity (Wildman–Crippen MR) is 126 cm³/mol. The first-order valence-corrected chi connectivity index (χ1v) is 11.2. The molecule has 0 unspecified atom stereocenters. The molecule has 10 heteroatoms. The molecule has 0 amide bonds. The highest BCUT2D eigenvalue weighted by atomic mass is 35.5. The minimum Gasteiger partial charge on any atom is -0.438 e. The number of ether oxygens (including phenoxy) is 2. The number of benzene rings is 2. The van der Waals surface area contributed by atoms with Gasteiger partial charge in [0.1, 0.15) is 17.3 Å². The Bertz CT molecular complexity index is 1580. The van der Waals surface area contributed by atoms with Crippen LogP contribution in [0.1, 0.15) is 17.0 Å². The fourth-order valence-electron chi connectivity index (χ4n) is 4.30. The van der Waals surface area contributed by atoms with Gasteiger partial charge >= 0.3 is 6.61 Å². The first kappa shape index (κ1) is 21.5. The van der Waals surface area contributed by atoms with Gasteiger partial charge in [0.2, 0.25) is 5.88 Å². The van der Waals surface area contributed by atoms with E-state index >= 15 is 0 Å². The number of hydrogen-bond donors (Lipinski definition) is 0. The van der Waals surface area contributed by atoms with Gasteiger partial charge in [-0.05, 0) is 36.4 Å². The van der Waals surface area contributed by atoms with Crippen LogP contribution >= 0.6 is 11.6 Å². The highest BCUT2D eigenvalue weighted by molar-refractivity contribution is 6.31. The van der Waals surface area contributed by atoms with Crippen molar-refractivity contribution in [2.75, 3.05) is 0 Å². The highest BCUT2D eigenvalue weighted by Gasteiger charge is 2.24. The summed E-state index contributed by atoms with van der Waals surface area (Å²) >= 11 is 6.28. The zero-order chi connectivity index (χ0) is 24.1. The Morgan fingerprint density at radius 2 is 2.00 bits per heavy atom. The average molecular weight is 494 g/mol. The highest BCUT2D eigenvalue weighted by Crippen LogP contribution is 2.38. The van der Waals surface area contributed by atoms with Crippen molar-refractivity contribution in [1.82, 2.24) is 24.3 Å². The maximum absolute atomic E-state index is 13.3. The van der Waals surface area contributed by atoms with E-state index in [2.05, 4.69) is 5.10 Å². The van der Waals surface area contributed by atoms with E-state index in [1.54, 1.807) is 29.1 Å². The summed E-state index contributed by atoms with van der Waals surface area (Å²) in [5.74, 6) is 1.49. The predicted octanol–water partition coefficient (Wildman–Crippen LogP) is 5.83. The number of imidazole rings is 1. The van der Waals surface area contributed by atoms with E-state index in [4.69, 9.17) is 31.0 Å². The van der Waals surface area contributed by atoms with Crippen molar-refractivity contribution in [1.29, 1.82) is 0 Å². The molecule has 4 heterocycles. The number of pyridine rings is 1. The lowest BCUT2D eigenvalue weighted by molar-refractivity contribution is -0.0505. The fourth-order valence-corrected chi connectivity index (χ4v) is 4.47. The van der Waals surface area contributed by atoms with Crippen LogP contribution in [0.3, 0.4) is 0 Å².